The molecule has 4 aromatic carbocycles. The highest BCUT2D eigenvalue weighted by molar-refractivity contribution is 6.00. The molecule has 7 rings (SSSR count). The van der Waals surface area contributed by atoms with E-state index in [1.165, 1.54) is 10.6 Å². The van der Waals surface area contributed by atoms with Crippen LogP contribution in [0.3, 0.4) is 0 Å². The van der Waals surface area contributed by atoms with E-state index in [0.717, 1.165) is 51.6 Å². The van der Waals surface area contributed by atoms with Gasteiger partial charge in [-0.3, -0.25) is 19.2 Å². The molecule has 2 atom stereocenters. The summed E-state index contributed by atoms with van der Waals surface area (Å²) in [6.45, 7) is 2.24. The zero-order valence-corrected chi connectivity index (χ0v) is 32.6. The molecule has 0 bridgehead atoms. The molecule has 2 aliphatic carbocycles. The number of anilines is 1. The second kappa shape index (κ2) is 18.4. The number of pyridine rings is 1. The van der Waals surface area contributed by atoms with Crippen LogP contribution < -0.4 is 27.2 Å². The van der Waals surface area contributed by atoms with Gasteiger partial charge in [0.2, 0.25) is 11.8 Å². The van der Waals surface area contributed by atoms with Gasteiger partial charge in [-0.1, -0.05) is 84.9 Å². The van der Waals surface area contributed by atoms with E-state index in [1.807, 2.05) is 73.7 Å². The first-order valence-electron chi connectivity index (χ1n) is 19.9. The van der Waals surface area contributed by atoms with Gasteiger partial charge in [-0.15, -0.1) is 0 Å². The number of aryl methyl sites for hydroxylation is 1. The molecule has 300 valence electrons. The van der Waals surface area contributed by atoms with Crippen molar-refractivity contribution in [1.82, 2.24) is 15.2 Å². The van der Waals surface area contributed by atoms with E-state index in [2.05, 4.69) is 28.1 Å². The lowest BCUT2D eigenvalue weighted by molar-refractivity contribution is -0.129. The average molecular weight is 784 g/mol. The molecule has 3 amide bonds. The normalized spacial score (nSPS) is 14.2. The maximum absolute atomic E-state index is 14.0. The molecule has 1 heterocycles. The van der Waals surface area contributed by atoms with Crippen LogP contribution in [0.15, 0.2) is 108 Å². The minimum Gasteiger partial charge on any atom is -0.449 e. The first-order chi connectivity index (χ1) is 28.2. The first kappa shape index (κ1) is 40.1. The summed E-state index contributed by atoms with van der Waals surface area (Å²) in [6.07, 6.45) is 2.30. The zero-order chi connectivity index (χ0) is 40.6. The molecule has 0 aliphatic heterocycles. The molecule has 1 aromatic heterocycles. The van der Waals surface area contributed by atoms with Crippen LogP contribution in [-0.4, -0.2) is 60.1 Å². The monoisotopic (exact) mass is 783 g/mol. The van der Waals surface area contributed by atoms with Crippen molar-refractivity contribution in [3.05, 3.63) is 136 Å². The van der Waals surface area contributed by atoms with Crippen molar-refractivity contribution < 1.29 is 28.7 Å². The lowest BCUT2D eigenvalue weighted by Gasteiger charge is -2.24. The molecule has 12 nitrogen and oxygen atoms in total. The second-order valence-electron chi connectivity index (χ2n) is 15.1. The number of nitrogens with two attached hydrogens (primary N) is 1. The Labute approximate surface area is 337 Å². The van der Waals surface area contributed by atoms with Crippen LogP contribution in [0.1, 0.15) is 60.3 Å². The fraction of sp³-hybridized carbons (Fsp3) is 0.326. The van der Waals surface area contributed by atoms with Gasteiger partial charge in [0, 0.05) is 29.0 Å². The third kappa shape index (κ3) is 9.53. The number of benzene rings is 4. The minimum absolute atomic E-state index is 0.0124. The van der Waals surface area contributed by atoms with Gasteiger partial charge < -0.3 is 35.7 Å². The molecule has 0 unspecified atom stereocenters. The highest BCUT2D eigenvalue weighted by atomic mass is 16.5. The van der Waals surface area contributed by atoms with Gasteiger partial charge in [-0.05, 0) is 91.1 Å². The van der Waals surface area contributed by atoms with E-state index < -0.39 is 30.0 Å². The lowest BCUT2D eigenvalue weighted by Crippen LogP contribution is -2.54. The van der Waals surface area contributed by atoms with Crippen LogP contribution in [0.25, 0.3) is 22.0 Å². The molecule has 0 spiro atoms. The topological polar surface area (TPSA) is 171 Å². The van der Waals surface area contributed by atoms with Crippen molar-refractivity contribution in [1.29, 1.82) is 0 Å². The number of ether oxygens (including phenoxy) is 2. The summed E-state index contributed by atoms with van der Waals surface area (Å²) < 4.78 is 13.2. The van der Waals surface area contributed by atoms with E-state index >= 15 is 0 Å². The summed E-state index contributed by atoms with van der Waals surface area (Å²) in [4.78, 5) is 67.2. The number of fused-ring (bicyclic) bond motifs is 4. The number of aromatic nitrogens is 1. The fourth-order valence-corrected chi connectivity index (χ4v) is 7.58. The number of nitrogens with one attached hydrogen (secondary N) is 3. The van der Waals surface area contributed by atoms with Crippen molar-refractivity contribution in [2.45, 2.75) is 70.2 Å². The highest BCUT2D eigenvalue weighted by Crippen LogP contribution is 2.44. The van der Waals surface area contributed by atoms with E-state index in [0.29, 0.717) is 30.6 Å². The molecule has 2 aliphatic rings. The first-order valence-corrected chi connectivity index (χ1v) is 19.9. The fourth-order valence-electron chi connectivity index (χ4n) is 7.58. The quantitative estimate of drug-likeness (QED) is 0.0789. The maximum Gasteiger partial charge on any atom is 0.407 e. The molecular formula is C46H49N5O7. The molecule has 1 fully saturated rings. The highest BCUT2D eigenvalue weighted by Gasteiger charge is 2.32. The molecule has 5 aromatic rings. The Morgan fingerprint density at radius 2 is 1.50 bits per heavy atom. The third-order valence-electron chi connectivity index (χ3n) is 10.9. The third-order valence-corrected chi connectivity index (χ3v) is 10.9. The van der Waals surface area contributed by atoms with Crippen molar-refractivity contribution in [3.8, 4) is 11.1 Å². The number of amides is 3. The minimum atomic E-state index is -1.20. The number of alkyl carbamates (subject to hydrolysis) is 1. The predicted octanol–water partition coefficient (Wildman–Crippen LogP) is 5.97. The number of ketones is 1. The molecule has 0 saturated heterocycles. The van der Waals surface area contributed by atoms with Crippen molar-refractivity contribution in [3.63, 3.8) is 0 Å². The second-order valence-corrected chi connectivity index (χ2v) is 15.1. The number of hydrogen-bond donors (Lipinski definition) is 4. The Bertz CT molecular complexity index is 2310. The summed E-state index contributed by atoms with van der Waals surface area (Å²) >= 11 is 0. The zero-order valence-electron chi connectivity index (χ0n) is 32.6. The van der Waals surface area contributed by atoms with Crippen molar-refractivity contribution >= 4 is 40.3 Å². The molecule has 12 heteroatoms. The maximum atomic E-state index is 14.0. The summed E-state index contributed by atoms with van der Waals surface area (Å²) in [6, 6.07) is 30.0. The Hall–Kier alpha value is -6.11. The van der Waals surface area contributed by atoms with Gasteiger partial charge >= 0.3 is 6.09 Å². The van der Waals surface area contributed by atoms with Crippen LogP contribution in [0.5, 0.6) is 0 Å². The summed E-state index contributed by atoms with van der Waals surface area (Å²) in [5.74, 6) is -1.31. The summed E-state index contributed by atoms with van der Waals surface area (Å²) in [5, 5.41) is 9.22. The van der Waals surface area contributed by atoms with Gasteiger partial charge in [-0.2, -0.15) is 0 Å². The Kier molecular flexibility index (Phi) is 12.7. The largest absolute Gasteiger partial charge is 0.449 e. The Balaban J connectivity index is 1.07. The number of nitrogens with zero attached hydrogens (tertiary/aromatic N) is 1. The van der Waals surface area contributed by atoms with Crippen LogP contribution >= 0.6 is 0 Å². The lowest BCUT2D eigenvalue weighted by atomic mass is 9.98. The molecule has 58 heavy (non-hydrogen) atoms. The number of unbranched alkanes of at least 4 members (excludes halogenated alkanes) is 1. The van der Waals surface area contributed by atoms with E-state index in [1.54, 1.807) is 18.2 Å². The Morgan fingerprint density at radius 3 is 2.19 bits per heavy atom. The number of Topliss-reactive ketones (excluding diaryl/α,β-unsaturated/α-hetero) is 1. The van der Waals surface area contributed by atoms with Crippen LogP contribution in [0.2, 0.25) is 0 Å². The number of hydrogen-bond acceptors (Lipinski definition) is 8. The van der Waals surface area contributed by atoms with Gasteiger partial charge in [0.25, 0.3) is 5.56 Å². The van der Waals surface area contributed by atoms with Crippen LogP contribution in [0, 0.1) is 12.8 Å². The van der Waals surface area contributed by atoms with E-state index in [9.17, 15) is 24.0 Å². The molecule has 0 radical (unpaired) electrons. The van der Waals surface area contributed by atoms with Crippen LogP contribution in [0.4, 0.5) is 10.5 Å². The SMILES string of the molecule is Cc1cc(=O)n(CC(=O)C2CC2)c2cc(NC(=O)[C@H](CCCCN)NC(=O)[C@H](COCc3ccccc3)NC(=O)OCC3c4ccccc4-c4ccccc43)ccc12. The number of carbonyl (C=O) groups is 4. The average Bonchev–Trinajstić information content (AvgIpc) is 4.04. The predicted molar refractivity (Wildman–Crippen MR) is 222 cm³/mol. The van der Waals surface area contributed by atoms with Gasteiger partial charge in [0.15, 0.2) is 5.78 Å². The smallest absolute Gasteiger partial charge is 0.407 e. The van der Waals surface area contributed by atoms with E-state index in [4.69, 9.17) is 15.2 Å². The molecule has 5 N–H and O–H groups in total. The molecular weight excluding hydrogens is 735 g/mol. The van der Waals surface area contributed by atoms with Crippen LogP contribution in [-0.2, 0) is 37.0 Å². The van der Waals surface area contributed by atoms with E-state index in [-0.39, 0.29) is 56.0 Å². The number of rotatable bonds is 18. The van der Waals surface area contributed by atoms with Crippen molar-refractivity contribution in [2.75, 3.05) is 25.1 Å². The van der Waals surface area contributed by atoms with Gasteiger partial charge in [0.1, 0.15) is 18.7 Å². The standard InChI is InChI=1S/C46H49N5O7/c1-29-23-43(53)51(25-42(52)31-18-19-31)41-24-32(20-21-33(29)41)48-44(54)39(17-9-10-22-47)49-45(55)40(28-57-26-30-11-3-2-4-12-30)50-46(56)58-27-38-36-15-7-5-13-34(36)35-14-6-8-16-37(35)38/h2-8,11-16,20-21,23-24,31,38-40H,9-10,17-19,22,25-28,47H2,1H3,(H,48,54)(H,49,55)(H,50,56)/t39-,40-/m0/s1. The van der Waals surface area contributed by atoms with Gasteiger partial charge in [0.05, 0.1) is 25.3 Å². The van der Waals surface area contributed by atoms with Gasteiger partial charge in [-0.25, -0.2) is 4.79 Å². The summed E-state index contributed by atoms with van der Waals surface area (Å²) in [5.41, 5.74) is 12.3. The molecule has 1 saturated carbocycles. The Morgan fingerprint density at radius 1 is 0.810 bits per heavy atom. The summed E-state index contributed by atoms with van der Waals surface area (Å²) in [7, 11) is 0. The van der Waals surface area contributed by atoms with Crippen molar-refractivity contribution in [2.24, 2.45) is 11.7 Å². The number of carbonyl (C=O) groups excluding carboxylic acids is 4.